The van der Waals surface area contributed by atoms with E-state index in [1.807, 2.05) is 21.2 Å². The zero-order chi connectivity index (χ0) is 20.2. The van der Waals surface area contributed by atoms with Crippen LogP contribution in [-0.4, -0.2) is 47.4 Å². The van der Waals surface area contributed by atoms with Crippen molar-refractivity contribution in [2.75, 3.05) is 19.7 Å². The molecular formula is C23H28N2O3S. The van der Waals surface area contributed by atoms with Crippen molar-refractivity contribution in [3.05, 3.63) is 57.8 Å². The SMILES string of the molecule is Cc1ccc(CN2CC(C(=O)N(Cc3cccs3)CC3CCCO3)CC2=O)cc1. The molecule has 2 aliphatic rings. The van der Waals surface area contributed by atoms with E-state index in [0.29, 0.717) is 32.6 Å². The average molecular weight is 413 g/mol. The Kier molecular flexibility index (Phi) is 6.31. The summed E-state index contributed by atoms with van der Waals surface area (Å²) in [7, 11) is 0. The maximum atomic E-state index is 13.3. The normalized spacial score (nSPS) is 21.7. The lowest BCUT2D eigenvalue weighted by Crippen LogP contribution is -2.41. The topological polar surface area (TPSA) is 49.9 Å². The minimum atomic E-state index is -0.269. The lowest BCUT2D eigenvalue weighted by molar-refractivity contribution is -0.138. The van der Waals surface area contributed by atoms with E-state index in [2.05, 4.69) is 37.3 Å². The van der Waals surface area contributed by atoms with Gasteiger partial charge in [-0.3, -0.25) is 9.59 Å². The van der Waals surface area contributed by atoms with E-state index in [9.17, 15) is 9.59 Å². The molecule has 0 bridgehead atoms. The predicted molar refractivity (Wildman–Crippen MR) is 113 cm³/mol. The number of aryl methyl sites for hydroxylation is 1. The fraction of sp³-hybridized carbons (Fsp3) is 0.478. The highest BCUT2D eigenvalue weighted by Gasteiger charge is 2.37. The molecule has 2 fully saturated rings. The lowest BCUT2D eigenvalue weighted by Gasteiger charge is -2.27. The van der Waals surface area contributed by atoms with Crippen molar-refractivity contribution in [3.8, 4) is 0 Å². The molecule has 5 nitrogen and oxygen atoms in total. The molecule has 2 atom stereocenters. The minimum absolute atomic E-state index is 0.0668. The molecule has 154 valence electrons. The van der Waals surface area contributed by atoms with E-state index < -0.39 is 0 Å². The summed E-state index contributed by atoms with van der Waals surface area (Å²) in [6.45, 7) is 5.10. The van der Waals surface area contributed by atoms with Crippen LogP contribution in [0.25, 0.3) is 0 Å². The fourth-order valence-corrected chi connectivity index (χ4v) is 4.84. The van der Waals surface area contributed by atoms with E-state index in [0.717, 1.165) is 29.9 Å². The van der Waals surface area contributed by atoms with E-state index in [1.54, 1.807) is 11.3 Å². The number of benzene rings is 1. The van der Waals surface area contributed by atoms with Crippen molar-refractivity contribution in [2.24, 2.45) is 5.92 Å². The average Bonchev–Trinajstić information content (AvgIpc) is 3.46. The van der Waals surface area contributed by atoms with Gasteiger partial charge in [0.2, 0.25) is 11.8 Å². The summed E-state index contributed by atoms with van der Waals surface area (Å²) in [6.07, 6.45) is 2.46. The van der Waals surface area contributed by atoms with E-state index in [1.165, 1.54) is 5.56 Å². The van der Waals surface area contributed by atoms with Crippen LogP contribution < -0.4 is 0 Å². The van der Waals surface area contributed by atoms with Crippen LogP contribution in [0.5, 0.6) is 0 Å². The smallest absolute Gasteiger partial charge is 0.228 e. The summed E-state index contributed by atoms with van der Waals surface area (Å²) in [4.78, 5) is 30.8. The first kappa shape index (κ1) is 20.1. The molecular weight excluding hydrogens is 384 g/mol. The van der Waals surface area contributed by atoms with Gasteiger partial charge in [-0.2, -0.15) is 0 Å². The summed E-state index contributed by atoms with van der Waals surface area (Å²) < 4.78 is 5.78. The molecule has 2 unspecified atom stereocenters. The highest BCUT2D eigenvalue weighted by atomic mass is 32.1. The van der Waals surface area contributed by atoms with Crippen LogP contribution in [-0.2, 0) is 27.4 Å². The highest BCUT2D eigenvalue weighted by Crippen LogP contribution is 2.25. The molecule has 2 aromatic rings. The number of nitrogens with zero attached hydrogens (tertiary/aromatic N) is 2. The standard InChI is InChI=1S/C23H28N2O3S/c1-17-6-8-18(9-7-17)13-24-14-19(12-22(24)26)23(27)25(15-20-4-2-10-28-20)16-21-5-3-11-29-21/h3,5-9,11,19-20H,2,4,10,12-16H2,1H3. The minimum Gasteiger partial charge on any atom is -0.376 e. The van der Waals surface area contributed by atoms with Crippen LogP contribution >= 0.6 is 11.3 Å². The maximum absolute atomic E-state index is 13.3. The van der Waals surface area contributed by atoms with Crippen molar-refractivity contribution in [1.82, 2.24) is 9.80 Å². The number of thiophene rings is 1. The van der Waals surface area contributed by atoms with Crippen molar-refractivity contribution < 1.29 is 14.3 Å². The van der Waals surface area contributed by atoms with Gasteiger partial charge in [0.25, 0.3) is 0 Å². The Balaban J connectivity index is 1.42. The molecule has 0 spiro atoms. The summed E-state index contributed by atoms with van der Waals surface area (Å²) in [5, 5.41) is 2.03. The van der Waals surface area contributed by atoms with Gasteiger partial charge in [0, 0.05) is 37.5 Å². The van der Waals surface area contributed by atoms with Gasteiger partial charge in [-0.1, -0.05) is 35.9 Å². The van der Waals surface area contributed by atoms with Crippen LogP contribution in [0, 0.1) is 12.8 Å². The molecule has 2 saturated heterocycles. The van der Waals surface area contributed by atoms with Crippen LogP contribution in [0.15, 0.2) is 41.8 Å². The molecule has 0 aliphatic carbocycles. The van der Waals surface area contributed by atoms with Gasteiger partial charge >= 0.3 is 0 Å². The Labute approximate surface area is 176 Å². The molecule has 2 aliphatic heterocycles. The number of hydrogen-bond donors (Lipinski definition) is 0. The number of rotatable bonds is 7. The Hall–Kier alpha value is -2.18. The number of carbonyl (C=O) groups excluding carboxylic acids is 2. The third kappa shape index (κ3) is 5.06. The van der Waals surface area contributed by atoms with E-state index >= 15 is 0 Å². The molecule has 0 saturated carbocycles. The molecule has 1 aromatic carbocycles. The van der Waals surface area contributed by atoms with Gasteiger partial charge in [0.15, 0.2) is 0 Å². The number of amides is 2. The Morgan fingerprint density at radius 2 is 2.10 bits per heavy atom. The molecule has 29 heavy (non-hydrogen) atoms. The summed E-state index contributed by atoms with van der Waals surface area (Å²) in [5.41, 5.74) is 2.31. The summed E-state index contributed by atoms with van der Waals surface area (Å²) in [6, 6.07) is 12.3. The monoisotopic (exact) mass is 412 g/mol. The van der Waals surface area contributed by atoms with Crippen LogP contribution in [0.2, 0.25) is 0 Å². The third-order valence-electron chi connectivity index (χ3n) is 5.74. The van der Waals surface area contributed by atoms with Gasteiger partial charge in [0.05, 0.1) is 18.6 Å². The largest absolute Gasteiger partial charge is 0.376 e. The summed E-state index contributed by atoms with van der Waals surface area (Å²) >= 11 is 1.66. The van der Waals surface area contributed by atoms with Crippen LogP contribution in [0.3, 0.4) is 0 Å². The van der Waals surface area contributed by atoms with Gasteiger partial charge in [-0.15, -0.1) is 11.3 Å². The van der Waals surface area contributed by atoms with Gasteiger partial charge in [-0.05, 0) is 36.8 Å². The number of hydrogen-bond acceptors (Lipinski definition) is 4. The Morgan fingerprint density at radius 1 is 1.28 bits per heavy atom. The van der Waals surface area contributed by atoms with Crippen molar-refractivity contribution >= 4 is 23.2 Å². The second-order valence-corrected chi connectivity index (χ2v) is 9.13. The first-order valence-electron chi connectivity index (χ1n) is 10.3. The lowest BCUT2D eigenvalue weighted by atomic mass is 10.1. The number of likely N-dealkylation sites (tertiary alicyclic amines) is 1. The molecule has 0 radical (unpaired) electrons. The highest BCUT2D eigenvalue weighted by molar-refractivity contribution is 7.09. The van der Waals surface area contributed by atoms with Gasteiger partial charge in [-0.25, -0.2) is 0 Å². The second kappa shape index (κ2) is 9.09. The summed E-state index contributed by atoms with van der Waals surface area (Å²) in [5.74, 6) is -0.125. The van der Waals surface area contributed by atoms with Crippen molar-refractivity contribution in [1.29, 1.82) is 0 Å². The molecule has 3 heterocycles. The van der Waals surface area contributed by atoms with Crippen molar-refractivity contribution in [3.63, 3.8) is 0 Å². The number of ether oxygens (including phenoxy) is 1. The van der Waals surface area contributed by atoms with Crippen molar-refractivity contribution in [2.45, 2.75) is 45.4 Å². The molecule has 1 aromatic heterocycles. The third-order valence-corrected chi connectivity index (χ3v) is 6.61. The maximum Gasteiger partial charge on any atom is 0.228 e. The zero-order valence-electron chi connectivity index (χ0n) is 16.9. The van der Waals surface area contributed by atoms with E-state index in [-0.39, 0.29) is 23.8 Å². The van der Waals surface area contributed by atoms with E-state index in [4.69, 9.17) is 4.74 Å². The van der Waals surface area contributed by atoms with Gasteiger partial charge < -0.3 is 14.5 Å². The van der Waals surface area contributed by atoms with Gasteiger partial charge in [0.1, 0.15) is 0 Å². The molecule has 2 amide bonds. The Morgan fingerprint density at radius 3 is 2.79 bits per heavy atom. The van der Waals surface area contributed by atoms with Crippen LogP contribution in [0.1, 0.15) is 35.3 Å². The first-order valence-corrected chi connectivity index (χ1v) is 11.2. The van der Waals surface area contributed by atoms with Crippen LogP contribution in [0.4, 0.5) is 0 Å². The second-order valence-electron chi connectivity index (χ2n) is 8.09. The molecule has 4 rings (SSSR count). The number of carbonyl (C=O) groups is 2. The molecule has 0 N–H and O–H groups in total. The first-order chi connectivity index (χ1) is 14.1. The molecule has 6 heteroatoms. The Bertz CT molecular complexity index is 828. The fourth-order valence-electron chi connectivity index (χ4n) is 4.12. The zero-order valence-corrected chi connectivity index (χ0v) is 17.7. The predicted octanol–water partition coefficient (Wildman–Crippen LogP) is 3.61. The quantitative estimate of drug-likeness (QED) is 0.698.